The molecule has 21 heavy (non-hydrogen) atoms. The summed E-state index contributed by atoms with van der Waals surface area (Å²) < 4.78 is 25.9. The molecule has 0 saturated carbocycles. The lowest BCUT2D eigenvalue weighted by atomic mass is 10.0. The first-order chi connectivity index (χ1) is 10.0. The Morgan fingerprint density at radius 2 is 1.95 bits per heavy atom. The standard InChI is InChI=1S/C15H25N3O2S/c1-3-16-13-8-10-18(11-9-13)15-7-5-6-14(12-15)17-21(19,20)4-2/h5-7,12-13,16-17H,3-4,8-11H2,1-2H3. The average Bonchev–Trinajstić information content (AvgIpc) is 2.48. The first-order valence-electron chi connectivity index (χ1n) is 7.63. The average molecular weight is 311 g/mol. The largest absolute Gasteiger partial charge is 0.371 e. The minimum atomic E-state index is -3.21. The lowest BCUT2D eigenvalue weighted by Crippen LogP contribution is -2.42. The van der Waals surface area contributed by atoms with Gasteiger partial charge in [-0.05, 0) is 44.5 Å². The van der Waals surface area contributed by atoms with Crippen LogP contribution in [-0.4, -0.2) is 39.8 Å². The topological polar surface area (TPSA) is 61.4 Å². The van der Waals surface area contributed by atoms with Crippen LogP contribution in [0.1, 0.15) is 26.7 Å². The predicted octanol–water partition coefficient (Wildman–Crippen LogP) is 2.03. The van der Waals surface area contributed by atoms with Gasteiger partial charge in [-0.2, -0.15) is 0 Å². The number of piperidine rings is 1. The number of hydrogen-bond acceptors (Lipinski definition) is 4. The maximum atomic E-state index is 11.6. The molecule has 2 rings (SSSR count). The maximum absolute atomic E-state index is 11.6. The lowest BCUT2D eigenvalue weighted by molar-refractivity contribution is 0.424. The van der Waals surface area contributed by atoms with E-state index in [0.717, 1.165) is 38.2 Å². The molecular formula is C15H25N3O2S. The van der Waals surface area contributed by atoms with E-state index in [1.165, 1.54) is 0 Å². The number of hydrogen-bond donors (Lipinski definition) is 2. The summed E-state index contributed by atoms with van der Waals surface area (Å²) in [5.74, 6) is 0.0886. The van der Waals surface area contributed by atoms with Crippen molar-refractivity contribution in [2.75, 3.05) is 35.0 Å². The van der Waals surface area contributed by atoms with Crippen molar-refractivity contribution in [3.05, 3.63) is 24.3 Å². The zero-order chi connectivity index (χ0) is 15.3. The van der Waals surface area contributed by atoms with Gasteiger partial charge in [-0.1, -0.05) is 13.0 Å². The van der Waals surface area contributed by atoms with Gasteiger partial charge in [-0.15, -0.1) is 0 Å². The van der Waals surface area contributed by atoms with E-state index in [1.807, 2.05) is 18.2 Å². The third-order valence-corrected chi connectivity index (χ3v) is 5.16. The molecule has 0 bridgehead atoms. The number of anilines is 2. The molecule has 6 heteroatoms. The Bertz CT molecular complexity index is 552. The number of benzene rings is 1. The summed E-state index contributed by atoms with van der Waals surface area (Å²) >= 11 is 0. The number of nitrogens with zero attached hydrogens (tertiary/aromatic N) is 1. The van der Waals surface area contributed by atoms with E-state index in [-0.39, 0.29) is 5.75 Å². The third kappa shape index (κ3) is 4.61. The van der Waals surface area contributed by atoms with E-state index in [9.17, 15) is 8.42 Å². The molecule has 0 atom stereocenters. The van der Waals surface area contributed by atoms with E-state index in [2.05, 4.69) is 21.9 Å². The molecule has 1 aromatic carbocycles. The number of sulfonamides is 1. The first kappa shape index (κ1) is 16.1. The fourth-order valence-electron chi connectivity index (χ4n) is 2.65. The molecule has 1 heterocycles. The predicted molar refractivity (Wildman–Crippen MR) is 88.4 cm³/mol. The van der Waals surface area contributed by atoms with Crippen molar-refractivity contribution < 1.29 is 8.42 Å². The van der Waals surface area contributed by atoms with Crippen molar-refractivity contribution in [2.45, 2.75) is 32.7 Å². The quantitative estimate of drug-likeness (QED) is 0.844. The molecular weight excluding hydrogens is 286 g/mol. The van der Waals surface area contributed by atoms with E-state index in [1.54, 1.807) is 13.0 Å². The van der Waals surface area contributed by atoms with Crippen molar-refractivity contribution in [1.82, 2.24) is 5.32 Å². The van der Waals surface area contributed by atoms with Crippen molar-refractivity contribution in [3.8, 4) is 0 Å². The molecule has 118 valence electrons. The molecule has 1 saturated heterocycles. The van der Waals surface area contributed by atoms with Crippen LogP contribution in [0.25, 0.3) is 0 Å². The van der Waals surface area contributed by atoms with Gasteiger partial charge in [0.25, 0.3) is 0 Å². The van der Waals surface area contributed by atoms with Crippen LogP contribution in [0, 0.1) is 0 Å². The lowest BCUT2D eigenvalue weighted by Gasteiger charge is -2.34. The summed E-state index contributed by atoms with van der Waals surface area (Å²) in [5, 5.41) is 3.49. The summed E-state index contributed by atoms with van der Waals surface area (Å²) in [6, 6.07) is 8.26. The van der Waals surface area contributed by atoms with Crippen molar-refractivity contribution >= 4 is 21.4 Å². The highest BCUT2D eigenvalue weighted by molar-refractivity contribution is 7.92. The second-order valence-electron chi connectivity index (χ2n) is 5.37. The molecule has 0 radical (unpaired) electrons. The zero-order valence-electron chi connectivity index (χ0n) is 12.8. The SMILES string of the molecule is CCNC1CCN(c2cccc(NS(=O)(=O)CC)c2)CC1. The fourth-order valence-corrected chi connectivity index (χ4v) is 3.28. The van der Waals surface area contributed by atoms with Crippen LogP contribution in [0.2, 0.25) is 0 Å². The molecule has 1 fully saturated rings. The van der Waals surface area contributed by atoms with Crippen molar-refractivity contribution in [1.29, 1.82) is 0 Å². The van der Waals surface area contributed by atoms with Gasteiger partial charge in [-0.25, -0.2) is 8.42 Å². The molecule has 0 unspecified atom stereocenters. The van der Waals surface area contributed by atoms with Crippen LogP contribution in [-0.2, 0) is 10.0 Å². The molecule has 1 aromatic rings. The van der Waals surface area contributed by atoms with Crippen molar-refractivity contribution in [3.63, 3.8) is 0 Å². The summed E-state index contributed by atoms with van der Waals surface area (Å²) in [6.07, 6.45) is 2.25. The van der Waals surface area contributed by atoms with Crippen LogP contribution in [0.3, 0.4) is 0 Å². The highest BCUT2D eigenvalue weighted by atomic mass is 32.2. The Hall–Kier alpha value is -1.27. The monoisotopic (exact) mass is 311 g/mol. The molecule has 2 N–H and O–H groups in total. The van der Waals surface area contributed by atoms with Crippen LogP contribution in [0.4, 0.5) is 11.4 Å². The first-order valence-corrected chi connectivity index (χ1v) is 9.28. The van der Waals surface area contributed by atoms with Gasteiger partial charge in [0, 0.05) is 24.8 Å². The Morgan fingerprint density at radius 3 is 2.57 bits per heavy atom. The fraction of sp³-hybridized carbons (Fsp3) is 0.600. The van der Waals surface area contributed by atoms with Crippen LogP contribution >= 0.6 is 0 Å². The molecule has 1 aliphatic rings. The molecule has 0 aromatic heterocycles. The van der Waals surface area contributed by atoms with E-state index < -0.39 is 10.0 Å². The van der Waals surface area contributed by atoms with Crippen LogP contribution in [0.5, 0.6) is 0 Å². The van der Waals surface area contributed by atoms with Crippen LogP contribution < -0.4 is 14.9 Å². The van der Waals surface area contributed by atoms with Crippen LogP contribution in [0.15, 0.2) is 24.3 Å². The second kappa shape index (κ2) is 7.13. The summed E-state index contributed by atoms with van der Waals surface area (Å²) in [4.78, 5) is 2.32. The van der Waals surface area contributed by atoms with Crippen molar-refractivity contribution in [2.24, 2.45) is 0 Å². The summed E-state index contributed by atoms with van der Waals surface area (Å²) in [7, 11) is -3.21. The Morgan fingerprint density at radius 1 is 1.24 bits per heavy atom. The molecule has 1 aliphatic heterocycles. The minimum Gasteiger partial charge on any atom is -0.371 e. The smallest absolute Gasteiger partial charge is 0.232 e. The second-order valence-corrected chi connectivity index (χ2v) is 7.39. The van der Waals surface area contributed by atoms with Gasteiger partial charge in [0.05, 0.1) is 11.4 Å². The Balaban J connectivity index is 2.02. The Labute approximate surface area is 127 Å². The van der Waals surface area contributed by atoms with E-state index in [4.69, 9.17) is 0 Å². The third-order valence-electron chi connectivity index (χ3n) is 3.85. The Kier molecular flexibility index (Phi) is 5.47. The van der Waals surface area contributed by atoms with E-state index in [0.29, 0.717) is 11.7 Å². The zero-order valence-corrected chi connectivity index (χ0v) is 13.6. The van der Waals surface area contributed by atoms with Gasteiger partial charge in [0.2, 0.25) is 10.0 Å². The highest BCUT2D eigenvalue weighted by Crippen LogP contribution is 2.23. The number of rotatable bonds is 6. The normalized spacial score (nSPS) is 17.0. The number of nitrogens with one attached hydrogen (secondary N) is 2. The van der Waals surface area contributed by atoms with Gasteiger partial charge in [0.15, 0.2) is 0 Å². The molecule has 0 spiro atoms. The molecule has 5 nitrogen and oxygen atoms in total. The highest BCUT2D eigenvalue weighted by Gasteiger charge is 2.18. The van der Waals surface area contributed by atoms with Gasteiger partial charge >= 0.3 is 0 Å². The molecule has 0 aliphatic carbocycles. The molecule has 0 amide bonds. The van der Waals surface area contributed by atoms with Gasteiger partial charge in [-0.3, -0.25) is 4.72 Å². The maximum Gasteiger partial charge on any atom is 0.232 e. The summed E-state index contributed by atoms with van der Waals surface area (Å²) in [6.45, 7) is 6.79. The van der Waals surface area contributed by atoms with E-state index >= 15 is 0 Å². The van der Waals surface area contributed by atoms with Gasteiger partial charge < -0.3 is 10.2 Å². The minimum absolute atomic E-state index is 0.0886. The van der Waals surface area contributed by atoms with Gasteiger partial charge in [0.1, 0.15) is 0 Å². The summed E-state index contributed by atoms with van der Waals surface area (Å²) in [5.41, 5.74) is 1.73.